The van der Waals surface area contributed by atoms with Gasteiger partial charge in [-0.2, -0.15) is 13.2 Å². The molecule has 1 aromatic carbocycles. The average Bonchev–Trinajstić information content (AvgIpc) is 2.87. The highest BCUT2D eigenvalue weighted by Gasteiger charge is 2.35. The van der Waals surface area contributed by atoms with Gasteiger partial charge in [0.2, 0.25) is 0 Å². The molecule has 124 valence electrons. The summed E-state index contributed by atoms with van der Waals surface area (Å²) in [5.74, 6) is -0.334. The van der Waals surface area contributed by atoms with Gasteiger partial charge in [0.05, 0.1) is 10.5 Å². The molecule has 0 saturated carbocycles. The second-order valence-corrected chi connectivity index (χ2v) is 6.10. The Labute approximate surface area is 140 Å². The molecule has 8 heteroatoms. The summed E-state index contributed by atoms with van der Waals surface area (Å²) in [5, 5.41) is 5.33. The number of carbonyl (C=O) groups excluding carboxylic acids is 1. The normalized spacial score (nSPS) is 19.4. The molecule has 24 heavy (non-hydrogen) atoms. The largest absolute Gasteiger partial charge is 0.418 e. The molecule has 1 aromatic heterocycles. The standard InChI is InChI=1S/C16H12F3N3OS/c17-16(18,19)11-3-1-2-4-12(11)21-15-22-14(23)13(24-15)9-10-5-7-20-8-6-10/h1-9,15,21H,(H,22,23)/b13-9-/t15-/m1/s1. The van der Waals surface area contributed by atoms with Gasteiger partial charge < -0.3 is 10.6 Å². The van der Waals surface area contributed by atoms with Crippen LogP contribution in [0.3, 0.4) is 0 Å². The summed E-state index contributed by atoms with van der Waals surface area (Å²) in [6.45, 7) is 0. The van der Waals surface area contributed by atoms with Gasteiger partial charge >= 0.3 is 6.18 Å². The van der Waals surface area contributed by atoms with Crippen molar-refractivity contribution in [3.05, 3.63) is 64.8 Å². The molecule has 1 aliphatic rings. The van der Waals surface area contributed by atoms with E-state index < -0.39 is 17.2 Å². The number of para-hydroxylation sites is 1. The van der Waals surface area contributed by atoms with Crippen LogP contribution >= 0.6 is 11.8 Å². The third-order valence-corrected chi connectivity index (χ3v) is 4.28. The van der Waals surface area contributed by atoms with E-state index in [0.29, 0.717) is 4.91 Å². The Hall–Kier alpha value is -2.48. The summed E-state index contributed by atoms with van der Waals surface area (Å²) in [6, 6.07) is 8.63. The van der Waals surface area contributed by atoms with Crippen molar-refractivity contribution in [1.82, 2.24) is 10.3 Å². The molecule has 2 N–H and O–H groups in total. The molecular weight excluding hydrogens is 339 g/mol. The minimum atomic E-state index is -4.47. The van der Waals surface area contributed by atoms with Crippen molar-refractivity contribution in [3.63, 3.8) is 0 Å². The number of anilines is 1. The number of alkyl halides is 3. The smallest absolute Gasteiger partial charge is 0.356 e. The molecule has 0 unspecified atom stereocenters. The number of rotatable bonds is 3. The Kier molecular flexibility index (Phi) is 4.48. The third kappa shape index (κ3) is 3.70. The van der Waals surface area contributed by atoms with Gasteiger partial charge in [0, 0.05) is 18.1 Å². The fraction of sp³-hybridized carbons (Fsp3) is 0.125. The van der Waals surface area contributed by atoms with E-state index in [0.717, 1.165) is 23.4 Å². The lowest BCUT2D eigenvalue weighted by Crippen LogP contribution is -2.31. The van der Waals surface area contributed by atoms with Crippen LogP contribution in [0, 0.1) is 0 Å². The van der Waals surface area contributed by atoms with E-state index in [-0.39, 0.29) is 11.6 Å². The maximum Gasteiger partial charge on any atom is 0.418 e. The molecule has 0 bridgehead atoms. The first-order valence-corrected chi connectivity index (χ1v) is 7.83. The highest BCUT2D eigenvalue weighted by atomic mass is 32.2. The Morgan fingerprint density at radius 3 is 2.58 bits per heavy atom. The minimum absolute atomic E-state index is 0.0760. The van der Waals surface area contributed by atoms with Gasteiger partial charge in [-0.15, -0.1) is 0 Å². The van der Waals surface area contributed by atoms with E-state index in [9.17, 15) is 18.0 Å². The van der Waals surface area contributed by atoms with E-state index in [1.807, 2.05) is 0 Å². The van der Waals surface area contributed by atoms with Gasteiger partial charge in [0.15, 0.2) is 5.50 Å². The summed E-state index contributed by atoms with van der Waals surface area (Å²) >= 11 is 1.13. The monoisotopic (exact) mass is 351 g/mol. The SMILES string of the molecule is O=C1N[C@@H](Nc2ccccc2C(F)(F)F)S/C1=C\c1ccncc1. The van der Waals surface area contributed by atoms with Gasteiger partial charge in [-0.25, -0.2) is 0 Å². The second kappa shape index (κ2) is 6.56. The number of hydrogen-bond donors (Lipinski definition) is 2. The number of thioether (sulfide) groups is 1. The maximum atomic E-state index is 13.0. The Balaban J connectivity index is 1.77. The lowest BCUT2D eigenvalue weighted by molar-refractivity contribution is -0.137. The topological polar surface area (TPSA) is 54.0 Å². The van der Waals surface area contributed by atoms with Crippen molar-refractivity contribution in [2.75, 3.05) is 5.32 Å². The molecule has 1 saturated heterocycles. The number of carbonyl (C=O) groups is 1. The molecule has 0 aliphatic carbocycles. The van der Waals surface area contributed by atoms with Crippen LogP contribution in [0.15, 0.2) is 53.7 Å². The van der Waals surface area contributed by atoms with E-state index in [2.05, 4.69) is 15.6 Å². The molecule has 1 atom stereocenters. The minimum Gasteiger partial charge on any atom is -0.356 e. The number of halogens is 3. The van der Waals surface area contributed by atoms with Crippen molar-refractivity contribution >= 4 is 29.4 Å². The highest BCUT2D eigenvalue weighted by Crippen LogP contribution is 2.37. The third-order valence-electron chi connectivity index (χ3n) is 3.25. The summed E-state index contributed by atoms with van der Waals surface area (Å²) in [4.78, 5) is 16.3. The Morgan fingerprint density at radius 1 is 1.17 bits per heavy atom. The van der Waals surface area contributed by atoms with Gasteiger partial charge in [-0.1, -0.05) is 23.9 Å². The number of pyridine rings is 1. The molecule has 1 amide bonds. The van der Waals surface area contributed by atoms with Crippen LogP contribution in [0.2, 0.25) is 0 Å². The summed E-state index contributed by atoms with van der Waals surface area (Å²) in [5.41, 5.74) is -0.729. The second-order valence-electron chi connectivity index (χ2n) is 4.95. The van der Waals surface area contributed by atoms with Crippen molar-refractivity contribution in [3.8, 4) is 0 Å². The van der Waals surface area contributed by atoms with E-state index >= 15 is 0 Å². The molecule has 0 spiro atoms. The van der Waals surface area contributed by atoms with Crippen molar-refractivity contribution in [2.24, 2.45) is 0 Å². The van der Waals surface area contributed by atoms with Crippen LogP contribution in [0.1, 0.15) is 11.1 Å². The number of hydrogen-bond acceptors (Lipinski definition) is 4. The highest BCUT2D eigenvalue weighted by molar-refractivity contribution is 8.05. The first-order valence-electron chi connectivity index (χ1n) is 6.95. The molecule has 1 aliphatic heterocycles. The first kappa shape index (κ1) is 16.4. The lowest BCUT2D eigenvalue weighted by atomic mass is 10.1. The Bertz CT molecular complexity index is 778. The molecule has 3 rings (SSSR count). The van der Waals surface area contributed by atoms with Gasteiger partial charge in [0.1, 0.15) is 0 Å². The number of amides is 1. The maximum absolute atomic E-state index is 13.0. The first-order chi connectivity index (χ1) is 11.4. The molecule has 2 aromatic rings. The number of aromatic nitrogens is 1. The lowest BCUT2D eigenvalue weighted by Gasteiger charge is -2.17. The summed E-state index contributed by atoms with van der Waals surface area (Å²) < 4.78 is 39.0. The van der Waals surface area contributed by atoms with Crippen LogP contribution < -0.4 is 10.6 Å². The zero-order chi connectivity index (χ0) is 17.2. The zero-order valence-corrected chi connectivity index (χ0v) is 13.0. The van der Waals surface area contributed by atoms with Crippen LogP contribution in [0.4, 0.5) is 18.9 Å². The van der Waals surface area contributed by atoms with Crippen LogP contribution in [-0.4, -0.2) is 16.4 Å². The fourth-order valence-corrected chi connectivity index (χ4v) is 3.15. The van der Waals surface area contributed by atoms with Crippen molar-refractivity contribution in [2.45, 2.75) is 11.7 Å². The predicted octanol–water partition coefficient (Wildman–Crippen LogP) is 3.70. The number of nitrogens with one attached hydrogen (secondary N) is 2. The van der Waals surface area contributed by atoms with E-state index in [4.69, 9.17) is 0 Å². The number of nitrogens with zero attached hydrogens (tertiary/aromatic N) is 1. The van der Waals surface area contributed by atoms with Crippen LogP contribution in [0.25, 0.3) is 6.08 Å². The quantitative estimate of drug-likeness (QED) is 0.828. The van der Waals surface area contributed by atoms with Crippen molar-refractivity contribution < 1.29 is 18.0 Å². The van der Waals surface area contributed by atoms with Crippen LogP contribution in [0.5, 0.6) is 0 Å². The summed E-state index contributed by atoms with van der Waals surface area (Å²) in [7, 11) is 0. The summed E-state index contributed by atoms with van der Waals surface area (Å²) in [6.07, 6.45) is 0.393. The molecule has 2 heterocycles. The van der Waals surface area contributed by atoms with E-state index in [1.165, 1.54) is 18.2 Å². The molecule has 0 radical (unpaired) electrons. The van der Waals surface area contributed by atoms with Gasteiger partial charge in [-0.3, -0.25) is 9.78 Å². The Morgan fingerprint density at radius 2 is 1.88 bits per heavy atom. The average molecular weight is 351 g/mol. The molecule has 1 fully saturated rings. The predicted molar refractivity (Wildman–Crippen MR) is 86.8 cm³/mol. The van der Waals surface area contributed by atoms with Crippen molar-refractivity contribution in [1.29, 1.82) is 0 Å². The number of benzene rings is 1. The van der Waals surface area contributed by atoms with E-state index in [1.54, 1.807) is 30.6 Å². The zero-order valence-electron chi connectivity index (χ0n) is 12.2. The fourth-order valence-electron chi connectivity index (χ4n) is 2.17. The molecule has 4 nitrogen and oxygen atoms in total. The van der Waals surface area contributed by atoms with Crippen LogP contribution in [-0.2, 0) is 11.0 Å². The molecular formula is C16H12F3N3OS. The van der Waals surface area contributed by atoms with Gasteiger partial charge in [-0.05, 0) is 35.9 Å². The van der Waals surface area contributed by atoms with Gasteiger partial charge in [0.25, 0.3) is 5.91 Å².